The Balaban J connectivity index is 1.92. The fraction of sp³-hybridized carbons (Fsp3) is 0.381. The predicted molar refractivity (Wildman–Crippen MR) is 113 cm³/mol. The lowest BCUT2D eigenvalue weighted by atomic mass is 10.1. The summed E-state index contributed by atoms with van der Waals surface area (Å²) in [6, 6.07) is 9.78. The molecule has 1 heterocycles. The van der Waals surface area contributed by atoms with Gasteiger partial charge in [0.2, 0.25) is 15.9 Å². The van der Waals surface area contributed by atoms with Gasteiger partial charge in [0.15, 0.2) is 11.5 Å². The van der Waals surface area contributed by atoms with Crippen molar-refractivity contribution in [2.45, 2.75) is 33.2 Å². The van der Waals surface area contributed by atoms with Gasteiger partial charge in [-0.1, -0.05) is 19.1 Å². The van der Waals surface area contributed by atoms with Crippen LogP contribution in [0.3, 0.4) is 0 Å². The molecule has 1 aliphatic heterocycles. The molecule has 0 saturated carbocycles. The van der Waals surface area contributed by atoms with Gasteiger partial charge in [-0.15, -0.1) is 0 Å². The normalized spacial score (nSPS) is 14.2. The van der Waals surface area contributed by atoms with Gasteiger partial charge in [0.1, 0.15) is 19.3 Å². The SMILES string of the molecule is CC[C@@H](C(=O)Nc1ccc2c(c1)OCCO2)N(c1cc(C)ccc1C)S(C)(=O)=O. The molecule has 1 atom stereocenters. The molecule has 0 fully saturated rings. The highest BCUT2D eigenvalue weighted by atomic mass is 32.2. The number of carbonyl (C=O) groups is 1. The van der Waals surface area contributed by atoms with Crippen LogP contribution in [0.15, 0.2) is 36.4 Å². The number of carbonyl (C=O) groups excluding carboxylic acids is 1. The smallest absolute Gasteiger partial charge is 0.248 e. The van der Waals surface area contributed by atoms with E-state index < -0.39 is 22.0 Å². The van der Waals surface area contributed by atoms with Gasteiger partial charge >= 0.3 is 0 Å². The van der Waals surface area contributed by atoms with Crippen LogP contribution in [0.1, 0.15) is 24.5 Å². The Morgan fingerprint density at radius 3 is 2.45 bits per heavy atom. The highest BCUT2D eigenvalue weighted by Gasteiger charge is 2.32. The van der Waals surface area contributed by atoms with Crippen molar-refractivity contribution in [2.75, 3.05) is 29.1 Å². The zero-order chi connectivity index (χ0) is 21.2. The summed E-state index contributed by atoms with van der Waals surface area (Å²) < 4.78 is 37.6. The van der Waals surface area contributed by atoms with E-state index >= 15 is 0 Å². The van der Waals surface area contributed by atoms with E-state index in [2.05, 4.69) is 5.32 Å². The third-order valence-corrected chi connectivity index (χ3v) is 5.91. The molecule has 0 bridgehead atoms. The van der Waals surface area contributed by atoms with Gasteiger partial charge in [0.05, 0.1) is 11.9 Å². The number of anilines is 2. The highest BCUT2D eigenvalue weighted by Crippen LogP contribution is 2.33. The molecule has 0 aromatic heterocycles. The highest BCUT2D eigenvalue weighted by molar-refractivity contribution is 7.92. The second-order valence-electron chi connectivity index (χ2n) is 7.12. The van der Waals surface area contributed by atoms with Crippen LogP contribution in [-0.4, -0.2) is 39.8 Å². The van der Waals surface area contributed by atoms with E-state index in [1.807, 2.05) is 26.0 Å². The number of benzene rings is 2. The first kappa shape index (κ1) is 21.0. The van der Waals surface area contributed by atoms with Gasteiger partial charge in [-0.2, -0.15) is 0 Å². The van der Waals surface area contributed by atoms with Crippen molar-refractivity contribution in [3.63, 3.8) is 0 Å². The van der Waals surface area contributed by atoms with Crippen LogP contribution in [-0.2, 0) is 14.8 Å². The molecule has 0 spiro atoms. The van der Waals surface area contributed by atoms with Crippen molar-refractivity contribution < 1.29 is 22.7 Å². The molecule has 1 N–H and O–H groups in total. The maximum absolute atomic E-state index is 13.1. The summed E-state index contributed by atoms with van der Waals surface area (Å²) in [5.41, 5.74) is 2.73. The van der Waals surface area contributed by atoms with E-state index in [1.54, 1.807) is 31.2 Å². The van der Waals surface area contributed by atoms with Crippen molar-refractivity contribution in [1.29, 1.82) is 0 Å². The summed E-state index contributed by atoms with van der Waals surface area (Å²) in [5, 5.41) is 2.82. The summed E-state index contributed by atoms with van der Waals surface area (Å²) in [5.74, 6) is 0.765. The number of ether oxygens (including phenoxy) is 2. The van der Waals surface area contributed by atoms with Crippen LogP contribution >= 0.6 is 0 Å². The number of hydrogen-bond donors (Lipinski definition) is 1. The van der Waals surface area contributed by atoms with Crippen molar-refractivity contribution in [1.82, 2.24) is 0 Å². The van der Waals surface area contributed by atoms with Gasteiger partial charge in [-0.25, -0.2) is 8.42 Å². The van der Waals surface area contributed by atoms with Crippen LogP contribution in [0.5, 0.6) is 11.5 Å². The fourth-order valence-electron chi connectivity index (χ4n) is 3.34. The maximum Gasteiger partial charge on any atom is 0.248 e. The quantitative estimate of drug-likeness (QED) is 0.778. The second kappa shape index (κ2) is 8.32. The maximum atomic E-state index is 13.1. The number of aryl methyl sites for hydroxylation is 2. The first-order valence-corrected chi connectivity index (χ1v) is 11.3. The molecule has 1 amide bonds. The van der Waals surface area contributed by atoms with E-state index in [0.29, 0.717) is 42.5 Å². The van der Waals surface area contributed by atoms with E-state index in [4.69, 9.17) is 9.47 Å². The third kappa shape index (κ3) is 4.64. The Labute approximate surface area is 171 Å². The topological polar surface area (TPSA) is 84.9 Å². The predicted octanol–water partition coefficient (Wildman–Crippen LogP) is 3.26. The molecule has 0 radical (unpaired) electrons. The minimum atomic E-state index is -3.69. The van der Waals surface area contributed by atoms with E-state index in [-0.39, 0.29) is 0 Å². The van der Waals surface area contributed by atoms with E-state index in [9.17, 15) is 13.2 Å². The van der Waals surface area contributed by atoms with Crippen LogP contribution in [0.25, 0.3) is 0 Å². The minimum Gasteiger partial charge on any atom is -0.486 e. The van der Waals surface area contributed by atoms with Crippen LogP contribution in [0.4, 0.5) is 11.4 Å². The molecule has 8 heteroatoms. The standard InChI is InChI=1S/C21H26N2O5S/c1-5-17(23(29(4,25)26)18-12-14(2)6-7-15(18)3)21(24)22-16-8-9-19-20(13-16)28-11-10-27-19/h6-9,12-13,17H,5,10-11H2,1-4H3,(H,22,24)/t17-/m0/s1. The van der Waals surface area contributed by atoms with Crippen molar-refractivity contribution in [3.8, 4) is 11.5 Å². The Kier molecular flexibility index (Phi) is 6.02. The first-order valence-electron chi connectivity index (χ1n) is 9.48. The molecule has 2 aromatic carbocycles. The number of rotatable bonds is 6. The largest absolute Gasteiger partial charge is 0.486 e. The molecule has 0 unspecified atom stereocenters. The number of nitrogens with one attached hydrogen (secondary N) is 1. The zero-order valence-electron chi connectivity index (χ0n) is 17.1. The summed E-state index contributed by atoms with van der Waals surface area (Å²) in [6.45, 7) is 6.43. The number of fused-ring (bicyclic) bond motifs is 1. The van der Waals surface area contributed by atoms with Crippen molar-refractivity contribution in [2.24, 2.45) is 0 Å². The third-order valence-electron chi connectivity index (χ3n) is 4.74. The monoisotopic (exact) mass is 418 g/mol. The van der Waals surface area contributed by atoms with Crippen molar-refractivity contribution in [3.05, 3.63) is 47.5 Å². The number of amides is 1. The molecule has 3 rings (SSSR count). The lowest BCUT2D eigenvalue weighted by Gasteiger charge is -2.31. The molecule has 1 aliphatic rings. The molecule has 7 nitrogen and oxygen atoms in total. The summed E-state index contributed by atoms with van der Waals surface area (Å²) in [6.07, 6.45) is 1.44. The second-order valence-corrected chi connectivity index (χ2v) is 8.98. The molecular weight excluding hydrogens is 392 g/mol. The van der Waals surface area contributed by atoms with Gasteiger partial charge in [-0.05, 0) is 49.6 Å². The minimum absolute atomic E-state index is 0.316. The lowest BCUT2D eigenvalue weighted by Crippen LogP contribution is -2.47. The first-order chi connectivity index (χ1) is 13.7. The van der Waals surface area contributed by atoms with E-state index in [1.165, 1.54) is 4.31 Å². The van der Waals surface area contributed by atoms with Gasteiger partial charge in [-0.3, -0.25) is 9.10 Å². The summed E-state index contributed by atoms with van der Waals surface area (Å²) in [4.78, 5) is 13.1. The molecule has 156 valence electrons. The Morgan fingerprint density at radius 2 is 1.79 bits per heavy atom. The number of nitrogens with zero attached hydrogens (tertiary/aromatic N) is 1. The fourth-order valence-corrected chi connectivity index (χ4v) is 4.60. The van der Waals surface area contributed by atoms with Crippen LogP contribution < -0.4 is 19.1 Å². The van der Waals surface area contributed by atoms with E-state index in [0.717, 1.165) is 17.4 Å². The molecule has 29 heavy (non-hydrogen) atoms. The molecule has 0 saturated heterocycles. The number of sulfonamides is 1. The van der Waals surface area contributed by atoms with Gasteiger partial charge in [0, 0.05) is 11.8 Å². The lowest BCUT2D eigenvalue weighted by molar-refractivity contribution is -0.117. The summed E-state index contributed by atoms with van der Waals surface area (Å²) >= 11 is 0. The average molecular weight is 419 g/mol. The average Bonchev–Trinajstić information content (AvgIpc) is 2.67. The van der Waals surface area contributed by atoms with Gasteiger partial charge in [0.25, 0.3) is 0 Å². The number of hydrogen-bond acceptors (Lipinski definition) is 5. The Morgan fingerprint density at radius 1 is 1.10 bits per heavy atom. The molecular formula is C21H26N2O5S. The zero-order valence-corrected chi connectivity index (χ0v) is 17.9. The Bertz CT molecular complexity index is 1020. The van der Waals surface area contributed by atoms with Crippen LogP contribution in [0, 0.1) is 13.8 Å². The molecule has 2 aromatic rings. The van der Waals surface area contributed by atoms with Crippen molar-refractivity contribution >= 4 is 27.3 Å². The van der Waals surface area contributed by atoms with Gasteiger partial charge < -0.3 is 14.8 Å². The van der Waals surface area contributed by atoms with Crippen LogP contribution in [0.2, 0.25) is 0 Å². The summed E-state index contributed by atoms with van der Waals surface area (Å²) in [7, 11) is -3.69. The Hall–Kier alpha value is -2.74. The molecule has 0 aliphatic carbocycles.